The zero-order valence-corrected chi connectivity index (χ0v) is 9.05. The molecule has 6 heteroatoms. The fourth-order valence-electron chi connectivity index (χ4n) is 1.10. The van der Waals surface area contributed by atoms with Gasteiger partial charge in [0.2, 0.25) is 0 Å². The van der Waals surface area contributed by atoms with Gasteiger partial charge in [0.15, 0.2) is 5.82 Å². The smallest absolute Gasteiger partial charge is 0.335 e. The largest absolute Gasteiger partial charge is 0.478 e. The molecular weight excluding hydrogens is 262 g/mol. The number of rotatable bonds is 2. The van der Waals surface area contributed by atoms with Crippen molar-refractivity contribution >= 4 is 21.9 Å². The third-order valence-electron chi connectivity index (χ3n) is 1.78. The van der Waals surface area contributed by atoms with Crippen molar-refractivity contribution in [2.75, 3.05) is 0 Å². The van der Waals surface area contributed by atoms with Gasteiger partial charge in [-0.25, -0.2) is 14.5 Å². The molecule has 0 unspecified atom stereocenters. The first-order valence-electron chi connectivity index (χ1n) is 4.07. The fourth-order valence-corrected chi connectivity index (χ4v) is 1.39. The van der Waals surface area contributed by atoms with E-state index in [1.165, 1.54) is 23.0 Å². The first kappa shape index (κ1) is 9.85. The monoisotopic (exact) mass is 267 g/mol. The van der Waals surface area contributed by atoms with Crippen molar-refractivity contribution in [1.29, 1.82) is 0 Å². The number of aromatic nitrogens is 3. The molecule has 0 bridgehead atoms. The fraction of sp³-hybridized carbons (Fsp3) is 0. The summed E-state index contributed by atoms with van der Waals surface area (Å²) in [4.78, 5) is 14.7. The topological polar surface area (TPSA) is 68.0 Å². The molecule has 76 valence electrons. The first-order valence-corrected chi connectivity index (χ1v) is 4.86. The lowest BCUT2D eigenvalue weighted by molar-refractivity contribution is 0.0696. The summed E-state index contributed by atoms with van der Waals surface area (Å²) in [5, 5.41) is 12.8. The molecule has 5 nitrogen and oxygen atoms in total. The summed E-state index contributed by atoms with van der Waals surface area (Å²) in [5.74, 6) is -0.509. The molecule has 2 rings (SSSR count). The quantitative estimate of drug-likeness (QED) is 0.900. The standard InChI is InChI=1S/C9H6BrN3O2/c10-7-4-12-13(5-7)8-3-6(9(14)15)1-2-11-8/h1-5H,(H,14,15). The minimum Gasteiger partial charge on any atom is -0.478 e. The van der Waals surface area contributed by atoms with E-state index >= 15 is 0 Å². The number of hydrogen-bond donors (Lipinski definition) is 1. The molecule has 0 aliphatic rings. The maximum atomic E-state index is 10.7. The number of hydrogen-bond acceptors (Lipinski definition) is 3. The van der Waals surface area contributed by atoms with Crippen LogP contribution in [0, 0.1) is 0 Å². The Bertz CT molecular complexity index is 510. The Kier molecular flexibility index (Phi) is 2.51. The van der Waals surface area contributed by atoms with Crippen LogP contribution >= 0.6 is 15.9 Å². The molecule has 0 atom stereocenters. The van der Waals surface area contributed by atoms with Crippen LogP contribution in [0.2, 0.25) is 0 Å². The second-order valence-electron chi connectivity index (χ2n) is 2.81. The molecule has 0 aromatic carbocycles. The highest BCUT2D eigenvalue weighted by Crippen LogP contribution is 2.11. The molecule has 1 N–H and O–H groups in total. The molecule has 2 heterocycles. The van der Waals surface area contributed by atoms with Gasteiger partial charge in [0, 0.05) is 12.4 Å². The minimum absolute atomic E-state index is 0.187. The van der Waals surface area contributed by atoms with Gasteiger partial charge in [0.1, 0.15) is 0 Å². The summed E-state index contributed by atoms with van der Waals surface area (Å²) in [7, 11) is 0. The molecule has 0 amide bonds. The van der Waals surface area contributed by atoms with Crippen LogP contribution in [0.3, 0.4) is 0 Å². The molecule has 2 aromatic rings. The maximum Gasteiger partial charge on any atom is 0.335 e. The summed E-state index contributed by atoms with van der Waals surface area (Å²) in [5.41, 5.74) is 0.187. The summed E-state index contributed by atoms with van der Waals surface area (Å²) in [6, 6.07) is 2.89. The average Bonchev–Trinajstić information content (AvgIpc) is 2.65. The van der Waals surface area contributed by atoms with E-state index in [4.69, 9.17) is 5.11 Å². The third kappa shape index (κ3) is 2.04. The molecule has 0 radical (unpaired) electrons. The minimum atomic E-state index is -0.982. The van der Waals surface area contributed by atoms with Gasteiger partial charge >= 0.3 is 5.97 Å². The Balaban J connectivity index is 2.45. The number of halogens is 1. The Hall–Kier alpha value is -1.69. The number of carboxylic acid groups (broad SMARTS) is 1. The van der Waals surface area contributed by atoms with Crippen molar-refractivity contribution in [1.82, 2.24) is 14.8 Å². The third-order valence-corrected chi connectivity index (χ3v) is 2.19. The Morgan fingerprint density at radius 3 is 2.93 bits per heavy atom. The summed E-state index contributed by atoms with van der Waals surface area (Å²) < 4.78 is 2.31. The van der Waals surface area contributed by atoms with Crippen molar-refractivity contribution in [2.45, 2.75) is 0 Å². The Morgan fingerprint density at radius 2 is 2.33 bits per heavy atom. The first-order chi connectivity index (χ1) is 7.16. The lowest BCUT2D eigenvalue weighted by atomic mass is 10.3. The SMILES string of the molecule is O=C(O)c1ccnc(-n2cc(Br)cn2)c1. The molecule has 0 saturated heterocycles. The number of carboxylic acids is 1. The van der Waals surface area contributed by atoms with Gasteiger partial charge in [-0.05, 0) is 28.1 Å². The van der Waals surface area contributed by atoms with Gasteiger partial charge in [0.25, 0.3) is 0 Å². The summed E-state index contributed by atoms with van der Waals surface area (Å²) in [6.07, 6.45) is 4.75. The normalized spacial score (nSPS) is 10.2. The Morgan fingerprint density at radius 1 is 1.53 bits per heavy atom. The average molecular weight is 268 g/mol. The molecule has 0 aliphatic carbocycles. The summed E-state index contributed by atoms with van der Waals surface area (Å²) >= 11 is 3.25. The van der Waals surface area contributed by atoms with Crippen LogP contribution in [0.4, 0.5) is 0 Å². The number of aromatic carboxylic acids is 1. The van der Waals surface area contributed by atoms with E-state index < -0.39 is 5.97 Å². The van der Waals surface area contributed by atoms with E-state index in [2.05, 4.69) is 26.0 Å². The van der Waals surface area contributed by atoms with Gasteiger partial charge in [-0.3, -0.25) is 0 Å². The van der Waals surface area contributed by atoms with Crippen LogP contribution in [0.15, 0.2) is 35.2 Å². The number of carbonyl (C=O) groups is 1. The number of pyridine rings is 1. The lowest BCUT2D eigenvalue weighted by Crippen LogP contribution is -2.02. The van der Waals surface area contributed by atoms with Gasteiger partial charge in [-0.15, -0.1) is 0 Å². The molecule has 0 spiro atoms. The molecule has 15 heavy (non-hydrogen) atoms. The molecule has 0 fully saturated rings. The van der Waals surface area contributed by atoms with E-state index in [0.717, 1.165) is 4.47 Å². The second-order valence-corrected chi connectivity index (χ2v) is 3.73. The predicted octanol–water partition coefficient (Wildman–Crippen LogP) is 1.73. The Labute approximate surface area is 93.5 Å². The molecule has 0 aliphatic heterocycles. The highest BCUT2D eigenvalue weighted by Gasteiger charge is 2.06. The van der Waals surface area contributed by atoms with Crippen LogP contribution in [0.25, 0.3) is 5.82 Å². The van der Waals surface area contributed by atoms with Gasteiger partial charge in [-0.1, -0.05) is 0 Å². The van der Waals surface area contributed by atoms with E-state index in [9.17, 15) is 4.79 Å². The van der Waals surface area contributed by atoms with E-state index in [1.807, 2.05) is 0 Å². The zero-order valence-electron chi connectivity index (χ0n) is 7.46. The molecular formula is C9H6BrN3O2. The van der Waals surface area contributed by atoms with E-state index in [1.54, 1.807) is 12.4 Å². The van der Waals surface area contributed by atoms with Crippen molar-refractivity contribution in [3.05, 3.63) is 40.8 Å². The van der Waals surface area contributed by atoms with Gasteiger partial charge < -0.3 is 5.11 Å². The summed E-state index contributed by atoms with van der Waals surface area (Å²) in [6.45, 7) is 0. The zero-order chi connectivity index (χ0) is 10.8. The van der Waals surface area contributed by atoms with Gasteiger partial charge in [0.05, 0.1) is 16.2 Å². The molecule has 2 aromatic heterocycles. The van der Waals surface area contributed by atoms with Crippen molar-refractivity contribution in [3.8, 4) is 5.82 Å². The van der Waals surface area contributed by atoms with Crippen LogP contribution < -0.4 is 0 Å². The van der Waals surface area contributed by atoms with E-state index in [0.29, 0.717) is 5.82 Å². The second kappa shape index (κ2) is 3.82. The van der Waals surface area contributed by atoms with Gasteiger partial charge in [-0.2, -0.15) is 5.10 Å². The predicted molar refractivity (Wildman–Crippen MR) is 56.0 cm³/mol. The molecule has 0 saturated carbocycles. The van der Waals surface area contributed by atoms with Crippen molar-refractivity contribution in [3.63, 3.8) is 0 Å². The lowest BCUT2D eigenvalue weighted by Gasteiger charge is -2.00. The highest BCUT2D eigenvalue weighted by molar-refractivity contribution is 9.10. The van der Waals surface area contributed by atoms with Crippen LogP contribution in [0.1, 0.15) is 10.4 Å². The van der Waals surface area contributed by atoms with Crippen LogP contribution in [-0.4, -0.2) is 25.8 Å². The van der Waals surface area contributed by atoms with Crippen LogP contribution in [-0.2, 0) is 0 Å². The van der Waals surface area contributed by atoms with Crippen molar-refractivity contribution < 1.29 is 9.90 Å². The number of nitrogens with zero attached hydrogens (tertiary/aromatic N) is 3. The van der Waals surface area contributed by atoms with E-state index in [-0.39, 0.29) is 5.56 Å². The van der Waals surface area contributed by atoms with Crippen LogP contribution in [0.5, 0.6) is 0 Å². The maximum absolute atomic E-state index is 10.7. The highest BCUT2D eigenvalue weighted by atomic mass is 79.9. The van der Waals surface area contributed by atoms with Crippen molar-refractivity contribution in [2.24, 2.45) is 0 Å².